The Morgan fingerprint density at radius 3 is 2.34 bits per heavy atom. The first-order chi connectivity index (χ1) is 17.0. The number of ether oxygens (including phenoxy) is 2. The maximum Gasteiger partial charge on any atom is 0.336 e. The quantitative estimate of drug-likeness (QED) is 0.227. The fourth-order valence-corrected chi connectivity index (χ4v) is 4.35. The van der Waals surface area contributed by atoms with Crippen LogP contribution in [0.2, 0.25) is 0 Å². The highest BCUT2D eigenvalue weighted by molar-refractivity contribution is 6.25. The average Bonchev–Trinajstić information content (AvgIpc) is 2.87. The highest BCUT2D eigenvalue weighted by Gasteiger charge is 2.32. The third-order valence-corrected chi connectivity index (χ3v) is 6.04. The van der Waals surface area contributed by atoms with Crippen molar-refractivity contribution in [2.24, 2.45) is 0 Å². The lowest BCUT2D eigenvalue weighted by Crippen LogP contribution is -2.41. The number of rotatable bonds is 7. The van der Waals surface area contributed by atoms with Gasteiger partial charge in [0.25, 0.3) is 11.8 Å². The molecule has 0 radical (unpaired) electrons. The molecule has 0 saturated heterocycles. The largest absolute Gasteiger partial charge is 0.497 e. The maximum atomic E-state index is 12.9. The van der Waals surface area contributed by atoms with Crippen LogP contribution in [0, 0.1) is 0 Å². The van der Waals surface area contributed by atoms with Gasteiger partial charge in [-0.3, -0.25) is 19.3 Å². The van der Waals surface area contributed by atoms with E-state index in [1.165, 1.54) is 18.1 Å². The highest BCUT2D eigenvalue weighted by Crippen LogP contribution is 2.30. The van der Waals surface area contributed by atoms with Crippen molar-refractivity contribution in [2.45, 2.75) is 19.4 Å². The van der Waals surface area contributed by atoms with Gasteiger partial charge in [0.05, 0.1) is 7.11 Å². The Morgan fingerprint density at radius 2 is 1.66 bits per heavy atom. The summed E-state index contributed by atoms with van der Waals surface area (Å²) < 4.78 is 15.7. The SMILES string of the molecule is COc1ccc2c(COC(=O)CCCN3C(=O)c4cccc5cccc(c45)C3=O)cc(=O)oc2c1. The van der Waals surface area contributed by atoms with Crippen LogP contribution in [0.25, 0.3) is 21.7 Å². The Hall–Kier alpha value is -4.46. The summed E-state index contributed by atoms with van der Waals surface area (Å²) in [6.45, 7) is -0.0145. The monoisotopic (exact) mass is 471 g/mol. The molecule has 1 aliphatic rings. The summed E-state index contributed by atoms with van der Waals surface area (Å²) in [6.07, 6.45) is 0.263. The van der Waals surface area contributed by atoms with E-state index in [1.54, 1.807) is 42.5 Å². The van der Waals surface area contributed by atoms with Crippen molar-refractivity contribution < 1.29 is 28.3 Å². The average molecular weight is 471 g/mol. The molecule has 176 valence electrons. The van der Waals surface area contributed by atoms with Gasteiger partial charge in [-0.15, -0.1) is 0 Å². The fourth-order valence-electron chi connectivity index (χ4n) is 4.35. The zero-order valence-corrected chi connectivity index (χ0v) is 18.9. The maximum absolute atomic E-state index is 12.9. The molecule has 0 fully saturated rings. The number of benzene rings is 3. The number of carbonyl (C=O) groups is 3. The van der Waals surface area contributed by atoms with E-state index in [1.807, 2.05) is 12.1 Å². The first-order valence-corrected chi connectivity index (χ1v) is 11.1. The van der Waals surface area contributed by atoms with Crippen molar-refractivity contribution in [1.82, 2.24) is 4.90 Å². The summed E-state index contributed by atoms with van der Waals surface area (Å²) in [5.74, 6) is -0.703. The molecule has 2 amide bonds. The molecular weight excluding hydrogens is 450 g/mol. The zero-order valence-electron chi connectivity index (χ0n) is 18.9. The topological polar surface area (TPSA) is 103 Å². The van der Waals surface area contributed by atoms with Crippen LogP contribution in [0.15, 0.2) is 69.9 Å². The van der Waals surface area contributed by atoms with Crippen molar-refractivity contribution in [3.63, 3.8) is 0 Å². The molecule has 1 aromatic heterocycles. The third kappa shape index (κ3) is 4.14. The minimum absolute atomic E-state index is 0.0100. The van der Waals surface area contributed by atoms with Gasteiger partial charge in [0.15, 0.2) is 0 Å². The number of amides is 2. The summed E-state index contributed by atoms with van der Waals surface area (Å²) >= 11 is 0. The normalized spacial score (nSPS) is 12.9. The van der Waals surface area contributed by atoms with Gasteiger partial charge in [0.2, 0.25) is 0 Å². The number of fused-ring (bicyclic) bond motifs is 1. The van der Waals surface area contributed by atoms with Crippen LogP contribution in [0.3, 0.4) is 0 Å². The van der Waals surface area contributed by atoms with Gasteiger partial charge in [-0.05, 0) is 36.1 Å². The second-order valence-corrected chi connectivity index (χ2v) is 8.19. The molecule has 35 heavy (non-hydrogen) atoms. The van der Waals surface area contributed by atoms with E-state index < -0.39 is 11.6 Å². The van der Waals surface area contributed by atoms with Crippen LogP contribution in [0.4, 0.5) is 0 Å². The molecule has 2 heterocycles. The molecule has 0 atom stereocenters. The van der Waals surface area contributed by atoms with E-state index in [9.17, 15) is 19.2 Å². The molecule has 0 spiro atoms. The van der Waals surface area contributed by atoms with Crippen LogP contribution in [-0.2, 0) is 16.1 Å². The predicted octanol–water partition coefficient (Wildman–Crippen LogP) is 4.07. The summed E-state index contributed by atoms with van der Waals surface area (Å²) in [4.78, 5) is 51.3. The standard InChI is InChI=1S/C27H21NO7/c1-33-18-10-11-19-17(13-24(30)35-22(19)14-18)15-34-23(29)9-4-12-28-26(31)20-7-2-5-16-6-3-8-21(25(16)20)27(28)32/h2-3,5-8,10-11,13-14H,4,9,12,15H2,1H3. The molecular formula is C27H21NO7. The minimum atomic E-state index is -0.561. The first kappa shape index (κ1) is 22.3. The van der Waals surface area contributed by atoms with E-state index in [-0.39, 0.29) is 37.8 Å². The van der Waals surface area contributed by atoms with Gasteiger partial charge in [-0.25, -0.2) is 4.79 Å². The summed E-state index contributed by atoms with van der Waals surface area (Å²) in [5, 5.41) is 2.14. The van der Waals surface area contributed by atoms with Crippen molar-refractivity contribution in [3.8, 4) is 5.75 Å². The molecule has 4 aromatic rings. The molecule has 5 rings (SSSR count). The van der Waals surface area contributed by atoms with E-state index >= 15 is 0 Å². The van der Waals surface area contributed by atoms with Crippen molar-refractivity contribution in [2.75, 3.05) is 13.7 Å². The van der Waals surface area contributed by atoms with Crippen LogP contribution in [0.1, 0.15) is 39.1 Å². The second-order valence-electron chi connectivity index (χ2n) is 8.19. The van der Waals surface area contributed by atoms with Gasteiger partial charge in [-0.1, -0.05) is 24.3 Å². The van der Waals surface area contributed by atoms with E-state index in [2.05, 4.69) is 0 Å². The van der Waals surface area contributed by atoms with Gasteiger partial charge >= 0.3 is 11.6 Å². The van der Waals surface area contributed by atoms with Crippen LogP contribution in [-0.4, -0.2) is 36.3 Å². The smallest absolute Gasteiger partial charge is 0.336 e. The third-order valence-electron chi connectivity index (χ3n) is 6.04. The number of imide groups is 1. The lowest BCUT2D eigenvalue weighted by Gasteiger charge is -2.27. The van der Waals surface area contributed by atoms with E-state index in [0.717, 1.165) is 5.39 Å². The number of methoxy groups -OCH3 is 1. The first-order valence-electron chi connectivity index (χ1n) is 11.1. The van der Waals surface area contributed by atoms with Gasteiger partial charge in [-0.2, -0.15) is 0 Å². The fraction of sp³-hybridized carbons (Fsp3) is 0.185. The van der Waals surface area contributed by atoms with Crippen molar-refractivity contribution in [1.29, 1.82) is 0 Å². The molecule has 0 bridgehead atoms. The summed E-state index contributed by atoms with van der Waals surface area (Å²) in [6, 6.07) is 17.0. The van der Waals surface area contributed by atoms with Crippen LogP contribution < -0.4 is 10.4 Å². The minimum Gasteiger partial charge on any atom is -0.497 e. The second kappa shape index (κ2) is 9.06. The molecule has 0 N–H and O–H groups in total. The molecule has 1 aliphatic heterocycles. The number of esters is 1. The van der Waals surface area contributed by atoms with Gasteiger partial charge in [0.1, 0.15) is 17.9 Å². The Bertz CT molecular complexity index is 1500. The number of hydrogen-bond donors (Lipinski definition) is 0. The van der Waals surface area contributed by atoms with Crippen molar-refractivity contribution >= 4 is 39.5 Å². The molecule has 8 nitrogen and oxygen atoms in total. The summed E-state index contributed by atoms with van der Waals surface area (Å²) in [5.41, 5.74) is 1.24. The van der Waals surface area contributed by atoms with Crippen molar-refractivity contribution in [3.05, 3.63) is 87.8 Å². The molecule has 8 heteroatoms. The Kier molecular flexibility index (Phi) is 5.78. The Labute approximate surface area is 199 Å². The van der Waals surface area contributed by atoms with Gasteiger partial charge in [0, 0.05) is 52.6 Å². The highest BCUT2D eigenvalue weighted by atomic mass is 16.5. The van der Waals surface area contributed by atoms with Crippen LogP contribution in [0.5, 0.6) is 5.75 Å². The molecule has 3 aromatic carbocycles. The zero-order chi connectivity index (χ0) is 24.5. The molecule has 0 unspecified atom stereocenters. The summed E-state index contributed by atoms with van der Waals surface area (Å²) in [7, 11) is 1.51. The van der Waals surface area contributed by atoms with Gasteiger partial charge < -0.3 is 13.9 Å². The van der Waals surface area contributed by atoms with E-state index in [0.29, 0.717) is 38.8 Å². The lowest BCUT2D eigenvalue weighted by molar-refractivity contribution is -0.145. The number of hydrogen-bond acceptors (Lipinski definition) is 7. The predicted molar refractivity (Wildman–Crippen MR) is 127 cm³/mol. The lowest BCUT2D eigenvalue weighted by atomic mass is 9.94. The van der Waals surface area contributed by atoms with Crippen LogP contribution >= 0.6 is 0 Å². The Morgan fingerprint density at radius 1 is 0.943 bits per heavy atom. The van der Waals surface area contributed by atoms with E-state index in [4.69, 9.17) is 13.9 Å². The Balaban J connectivity index is 1.22. The number of carbonyl (C=O) groups excluding carboxylic acids is 3. The molecule has 0 saturated carbocycles. The number of nitrogens with zero attached hydrogens (tertiary/aromatic N) is 1. The molecule has 0 aliphatic carbocycles.